The van der Waals surface area contributed by atoms with Crippen LogP contribution in [0.15, 0.2) is 0 Å². The van der Waals surface area contributed by atoms with Crippen LogP contribution in [0.2, 0.25) is 0 Å². The topological polar surface area (TPSA) is 0 Å². The summed E-state index contributed by atoms with van der Waals surface area (Å²) in [6, 6.07) is 0. The molecule has 0 aromatic heterocycles. The van der Waals surface area contributed by atoms with Crippen LogP contribution in [0, 0.1) is 0 Å². The van der Waals surface area contributed by atoms with Crippen LogP contribution in [0.1, 0.15) is 1.43 Å². The van der Waals surface area contributed by atoms with E-state index in [1.165, 1.54) is 0 Å². The number of hydrogen-bond donors (Lipinski definition) is 0. The number of rotatable bonds is 0. The minimum absolute atomic E-state index is 0. The maximum Gasteiger partial charge on any atom is 2.00 e. The van der Waals surface area contributed by atoms with Crippen molar-refractivity contribution in [1.29, 1.82) is 0 Å². The van der Waals surface area contributed by atoms with Gasteiger partial charge in [0.2, 0.25) is 0 Å². The molecule has 0 aliphatic rings. The second-order valence-corrected chi connectivity index (χ2v) is 0. The zero-order valence-corrected chi connectivity index (χ0v) is 9.05. The first-order valence-corrected chi connectivity index (χ1v) is 0. The van der Waals surface area contributed by atoms with Crippen molar-refractivity contribution in [3.05, 3.63) is 0 Å². The molecule has 0 radical (unpaired) electrons. The van der Waals surface area contributed by atoms with Gasteiger partial charge in [-0.25, -0.2) is 0 Å². The van der Waals surface area contributed by atoms with E-state index >= 15 is 0 Å². The first kappa shape index (κ1) is 29.7. The smallest absolute Gasteiger partial charge is 1.00 e. The Morgan fingerprint density at radius 1 is 1.00 bits per heavy atom. The van der Waals surface area contributed by atoms with E-state index in [0.29, 0.717) is 0 Å². The van der Waals surface area contributed by atoms with Crippen LogP contribution < -0.4 is 63.5 Å². The summed E-state index contributed by atoms with van der Waals surface area (Å²) in [5.74, 6) is 0. The number of halogens is 2. The molecule has 4 heteroatoms. The Kier molecular flexibility index (Phi) is 128. The van der Waals surface area contributed by atoms with Gasteiger partial charge in [-0.05, 0) is 0 Å². The third-order valence-corrected chi connectivity index (χ3v) is 0. The third kappa shape index (κ3) is 8.83. The molecule has 0 heterocycles. The van der Waals surface area contributed by atoms with Crippen molar-refractivity contribution in [2.75, 3.05) is 0 Å². The molecular formula is HBr2MgNa. The van der Waals surface area contributed by atoms with Gasteiger partial charge in [-0.1, -0.05) is 0 Å². The van der Waals surface area contributed by atoms with Gasteiger partial charge in [0.15, 0.2) is 0 Å². The second kappa shape index (κ2) is 17.2. The molecule has 4 heavy (non-hydrogen) atoms. The van der Waals surface area contributed by atoms with Gasteiger partial charge in [-0.2, -0.15) is 0 Å². The first-order valence-electron chi connectivity index (χ1n) is 0. The summed E-state index contributed by atoms with van der Waals surface area (Å²) < 4.78 is 0. The fourth-order valence-corrected chi connectivity index (χ4v) is 0. The molecule has 0 aromatic carbocycles. The third-order valence-electron chi connectivity index (χ3n) is 0. The molecule has 0 aliphatic heterocycles. The normalized spacial score (nSPS) is 0. The molecule has 0 nitrogen and oxygen atoms in total. The molecule has 0 rings (SSSR count). The Bertz CT molecular complexity index is 9.61. The largest absolute Gasteiger partial charge is 2.00 e. The van der Waals surface area contributed by atoms with Crippen molar-refractivity contribution >= 4 is 23.1 Å². The Morgan fingerprint density at radius 3 is 1.00 bits per heavy atom. The first-order chi connectivity index (χ1) is 0. The van der Waals surface area contributed by atoms with Crippen molar-refractivity contribution in [2.24, 2.45) is 0 Å². The molecule has 18 valence electrons. The molecule has 0 spiro atoms. The molecule has 0 bridgehead atoms. The molecule has 0 saturated carbocycles. The summed E-state index contributed by atoms with van der Waals surface area (Å²) in [5, 5.41) is 0. The van der Waals surface area contributed by atoms with E-state index in [9.17, 15) is 0 Å². The van der Waals surface area contributed by atoms with Gasteiger partial charge in [-0.3, -0.25) is 0 Å². The molecule has 0 aromatic rings. The minimum atomic E-state index is 0. The van der Waals surface area contributed by atoms with Crippen LogP contribution >= 0.6 is 0 Å². The Balaban J connectivity index is 0. The average Bonchev–Trinajstić information content (AvgIpc) is 0. The Labute approximate surface area is 86.6 Å². The summed E-state index contributed by atoms with van der Waals surface area (Å²) in [6.07, 6.45) is 0. The van der Waals surface area contributed by atoms with Crippen LogP contribution in [0.4, 0.5) is 0 Å². The van der Waals surface area contributed by atoms with E-state index in [1.54, 1.807) is 0 Å². The van der Waals surface area contributed by atoms with E-state index in [0.717, 1.165) is 0 Å². The van der Waals surface area contributed by atoms with Crippen LogP contribution in [0.25, 0.3) is 0 Å². The SMILES string of the molecule is [Br-].[Br-].[H-].[Mg+2].[Na+]. The fraction of sp³-hybridized carbons (Fsp3) is 0. The predicted molar refractivity (Wildman–Crippen MR) is 6.87 cm³/mol. The van der Waals surface area contributed by atoms with E-state index in [-0.39, 0.29) is 88.0 Å². The molecule has 0 aliphatic carbocycles. The number of hydrogen-bond acceptors (Lipinski definition) is 0. The van der Waals surface area contributed by atoms with E-state index in [2.05, 4.69) is 0 Å². The van der Waals surface area contributed by atoms with Crippen LogP contribution in [0.3, 0.4) is 0 Å². The van der Waals surface area contributed by atoms with Crippen molar-refractivity contribution in [3.63, 3.8) is 0 Å². The Morgan fingerprint density at radius 2 is 1.00 bits per heavy atom. The van der Waals surface area contributed by atoms with E-state index in [1.807, 2.05) is 0 Å². The average molecular weight is 208 g/mol. The maximum absolute atomic E-state index is 0. The van der Waals surface area contributed by atoms with Gasteiger partial charge in [0.1, 0.15) is 0 Å². The summed E-state index contributed by atoms with van der Waals surface area (Å²) in [6.45, 7) is 0. The van der Waals surface area contributed by atoms with Crippen molar-refractivity contribution < 1.29 is 64.9 Å². The van der Waals surface area contributed by atoms with Gasteiger partial charge in [0.05, 0.1) is 0 Å². The van der Waals surface area contributed by atoms with Gasteiger partial charge in [0.25, 0.3) is 0 Å². The molecule has 0 unspecified atom stereocenters. The fourth-order valence-electron chi connectivity index (χ4n) is 0. The van der Waals surface area contributed by atoms with Crippen molar-refractivity contribution in [3.8, 4) is 0 Å². The zero-order chi connectivity index (χ0) is 0. The van der Waals surface area contributed by atoms with Gasteiger partial charge < -0.3 is 35.4 Å². The van der Waals surface area contributed by atoms with Crippen LogP contribution in [0.5, 0.6) is 0 Å². The quantitative estimate of drug-likeness (QED) is 0.347. The standard InChI is InChI=1S/2BrH.Mg.Na.H/h2*1H;;;/q;;+2;+1;-1/p-2. The van der Waals surface area contributed by atoms with Crippen LogP contribution in [-0.2, 0) is 0 Å². The van der Waals surface area contributed by atoms with Gasteiger partial charge in [0, 0.05) is 0 Å². The van der Waals surface area contributed by atoms with Gasteiger partial charge in [-0.15, -0.1) is 0 Å². The summed E-state index contributed by atoms with van der Waals surface area (Å²) in [4.78, 5) is 0. The summed E-state index contributed by atoms with van der Waals surface area (Å²) in [5.41, 5.74) is 0. The van der Waals surface area contributed by atoms with Gasteiger partial charge >= 0.3 is 52.6 Å². The summed E-state index contributed by atoms with van der Waals surface area (Å²) in [7, 11) is 0. The monoisotopic (exact) mass is 206 g/mol. The molecule has 0 saturated heterocycles. The van der Waals surface area contributed by atoms with E-state index < -0.39 is 0 Å². The zero-order valence-electron chi connectivity index (χ0n) is 3.46. The molecular weight excluding hydrogens is 207 g/mol. The van der Waals surface area contributed by atoms with Crippen molar-refractivity contribution in [2.45, 2.75) is 0 Å². The predicted octanol–water partition coefficient (Wildman–Crippen LogP) is -9.26. The Hall–Kier alpha value is 2.73. The second-order valence-electron chi connectivity index (χ2n) is 0. The van der Waals surface area contributed by atoms with E-state index in [4.69, 9.17) is 0 Å². The molecule has 0 fully saturated rings. The minimum Gasteiger partial charge on any atom is -1.00 e. The van der Waals surface area contributed by atoms with Crippen LogP contribution in [-0.4, -0.2) is 23.1 Å². The maximum atomic E-state index is 0. The molecule has 0 atom stereocenters. The molecule has 0 amide bonds. The van der Waals surface area contributed by atoms with Crippen molar-refractivity contribution in [1.82, 2.24) is 0 Å². The summed E-state index contributed by atoms with van der Waals surface area (Å²) >= 11 is 0. The molecule has 0 N–H and O–H groups in total.